The number of benzene rings is 2. The number of hydrogen-bond acceptors (Lipinski definition) is 3. The molecule has 22 heavy (non-hydrogen) atoms. The van der Waals surface area contributed by atoms with Gasteiger partial charge in [0.25, 0.3) is 0 Å². The number of ether oxygens (including phenoxy) is 1. The van der Waals surface area contributed by atoms with Gasteiger partial charge in [-0.25, -0.2) is 0 Å². The Hall–Kier alpha value is -2.75. The number of hydrogen-bond donors (Lipinski definition) is 2. The molecular formula is C18H19N3O. The highest BCUT2D eigenvalue weighted by Crippen LogP contribution is 2.31. The number of nitrogens with zero attached hydrogens (tertiary/aromatic N) is 1. The van der Waals surface area contributed by atoms with E-state index in [0.717, 1.165) is 35.4 Å². The maximum absolute atomic E-state index is 5.65. The molecule has 2 aromatic carbocycles. The van der Waals surface area contributed by atoms with Crippen LogP contribution in [0.15, 0.2) is 54.6 Å². The van der Waals surface area contributed by atoms with Crippen LogP contribution in [0.5, 0.6) is 5.75 Å². The summed E-state index contributed by atoms with van der Waals surface area (Å²) in [5, 5.41) is 6.94. The zero-order valence-electron chi connectivity index (χ0n) is 12.5. The second-order valence-corrected chi connectivity index (χ2v) is 5.22. The fourth-order valence-corrected chi connectivity index (χ4v) is 2.53. The van der Waals surface area contributed by atoms with Crippen LogP contribution < -0.4 is 10.5 Å². The highest BCUT2D eigenvalue weighted by atomic mass is 16.5. The van der Waals surface area contributed by atoms with Gasteiger partial charge in [-0.3, -0.25) is 5.10 Å². The van der Waals surface area contributed by atoms with Crippen LogP contribution in [0.4, 0.5) is 5.82 Å². The zero-order chi connectivity index (χ0) is 15.4. The van der Waals surface area contributed by atoms with E-state index in [0.29, 0.717) is 5.82 Å². The molecule has 1 heterocycles. The highest BCUT2D eigenvalue weighted by Gasteiger charge is 2.07. The van der Waals surface area contributed by atoms with E-state index in [2.05, 4.69) is 34.5 Å². The van der Waals surface area contributed by atoms with Gasteiger partial charge in [-0.15, -0.1) is 0 Å². The Bertz CT molecular complexity index is 750. The van der Waals surface area contributed by atoms with Crippen molar-refractivity contribution in [2.45, 2.75) is 12.8 Å². The van der Waals surface area contributed by atoms with Gasteiger partial charge in [0.1, 0.15) is 11.6 Å². The summed E-state index contributed by atoms with van der Waals surface area (Å²) in [5.41, 5.74) is 10.2. The molecular weight excluding hydrogens is 274 g/mol. The third-order valence-corrected chi connectivity index (χ3v) is 3.67. The van der Waals surface area contributed by atoms with Crippen molar-refractivity contribution in [1.29, 1.82) is 0 Å². The minimum atomic E-state index is 0.606. The highest BCUT2D eigenvalue weighted by molar-refractivity contribution is 5.71. The Morgan fingerprint density at radius 1 is 1.05 bits per heavy atom. The van der Waals surface area contributed by atoms with Gasteiger partial charge < -0.3 is 10.5 Å². The summed E-state index contributed by atoms with van der Waals surface area (Å²) in [5.74, 6) is 1.49. The number of aromatic amines is 1. The summed E-state index contributed by atoms with van der Waals surface area (Å²) in [6, 6.07) is 18.5. The summed E-state index contributed by atoms with van der Waals surface area (Å²) in [6.45, 7) is 0. The van der Waals surface area contributed by atoms with Crippen LogP contribution in [0.1, 0.15) is 11.3 Å². The number of nitrogens with two attached hydrogens (primary N) is 1. The van der Waals surface area contributed by atoms with Crippen molar-refractivity contribution in [1.82, 2.24) is 10.2 Å². The second-order valence-electron chi connectivity index (χ2n) is 5.22. The number of aryl methyl sites for hydroxylation is 2. The molecule has 112 valence electrons. The van der Waals surface area contributed by atoms with Crippen molar-refractivity contribution < 1.29 is 4.74 Å². The van der Waals surface area contributed by atoms with Gasteiger partial charge in [0, 0.05) is 11.6 Å². The van der Waals surface area contributed by atoms with Crippen molar-refractivity contribution >= 4 is 5.82 Å². The Labute approximate surface area is 129 Å². The monoisotopic (exact) mass is 293 g/mol. The topological polar surface area (TPSA) is 63.9 Å². The Kier molecular flexibility index (Phi) is 4.10. The number of aromatic nitrogens is 2. The van der Waals surface area contributed by atoms with Crippen molar-refractivity contribution in [3.8, 4) is 16.9 Å². The summed E-state index contributed by atoms with van der Waals surface area (Å²) in [4.78, 5) is 0. The molecule has 0 aliphatic carbocycles. The first kappa shape index (κ1) is 14.2. The maximum Gasteiger partial charge on any atom is 0.126 e. The van der Waals surface area contributed by atoms with Gasteiger partial charge in [-0.05, 0) is 36.1 Å². The van der Waals surface area contributed by atoms with Crippen molar-refractivity contribution in [2.75, 3.05) is 12.8 Å². The number of H-pyrrole nitrogens is 1. The predicted molar refractivity (Wildman–Crippen MR) is 88.8 cm³/mol. The van der Waals surface area contributed by atoms with E-state index in [-0.39, 0.29) is 0 Å². The van der Waals surface area contributed by atoms with Crippen LogP contribution >= 0.6 is 0 Å². The van der Waals surface area contributed by atoms with Gasteiger partial charge in [0.2, 0.25) is 0 Å². The second kappa shape index (κ2) is 6.35. The molecule has 4 heteroatoms. The van der Waals surface area contributed by atoms with E-state index in [9.17, 15) is 0 Å². The molecule has 0 aliphatic heterocycles. The van der Waals surface area contributed by atoms with Crippen LogP contribution in [0.3, 0.4) is 0 Å². The lowest BCUT2D eigenvalue weighted by atomic mass is 9.99. The first-order valence-corrected chi connectivity index (χ1v) is 7.28. The fraction of sp³-hybridized carbons (Fsp3) is 0.167. The average molecular weight is 293 g/mol. The number of anilines is 1. The standard InChI is InChI=1S/C18H19N3O/c1-22-17-10-8-13(7-9-15-12-18(19)21-20-15)11-16(17)14-5-3-2-4-6-14/h2-6,8,10-12H,7,9H2,1H3,(H3,19,20,21). The number of rotatable bonds is 5. The van der Waals surface area contributed by atoms with E-state index in [1.54, 1.807) is 7.11 Å². The molecule has 0 unspecified atom stereocenters. The molecule has 0 aliphatic rings. The molecule has 3 aromatic rings. The lowest BCUT2D eigenvalue weighted by Crippen LogP contribution is -1.94. The van der Waals surface area contributed by atoms with Gasteiger partial charge in [0.05, 0.1) is 12.8 Å². The molecule has 3 N–H and O–H groups in total. The summed E-state index contributed by atoms with van der Waals surface area (Å²) in [7, 11) is 1.70. The third-order valence-electron chi connectivity index (χ3n) is 3.67. The van der Waals surface area contributed by atoms with Gasteiger partial charge >= 0.3 is 0 Å². The first-order chi connectivity index (χ1) is 10.8. The van der Waals surface area contributed by atoms with Gasteiger partial charge in [-0.1, -0.05) is 36.4 Å². The van der Waals surface area contributed by atoms with Crippen molar-refractivity contribution in [3.05, 3.63) is 65.9 Å². The number of nitrogen functional groups attached to an aromatic ring is 1. The molecule has 0 radical (unpaired) electrons. The summed E-state index contributed by atoms with van der Waals surface area (Å²) >= 11 is 0. The lowest BCUT2D eigenvalue weighted by Gasteiger charge is -2.11. The average Bonchev–Trinajstić information content (AvgIpc) is 2.99. The summed E-state index contributed by atoms with van der Waals surface area (Å²) < 4.78 is 5.49. The van der Waals surface area contributed by atoms with Gasteiger partial charge in [0.15, 0.2) is 0 Å². The molecule has 0 saturated heterocycles. The molecule has 0 bridgehead atoms. The first-order valence-electron chi connectivity index (χ1n) is 7.28. The van der Waals surface area contributed by atoms with E-state index < -0.39 is 0 Å². The Balaban J connectivity index is 1.84. The van der Waals surface area contributed by atoms with Crippen LogP contribution in [0.25, 0.3) is 11.1 Å². The lowest BCUT2D eigenvalue weighted by molar-refractivity contribution is 0.416. The molecule has 4 nitrogen and oxygen atoms in total. The summed E-state index contributed by atoms with van der Waals surface area (Å²) in [6.07, 6.45) is 1.77. The van der Waals surface area contributed by atoms with Crippen LogP contribution in [-0.2, 0) is 12.8 Å². The molecule has 0 saturated carbocycles. The normalized spacial score (nSPS) is 10.6. The SMILES string of the molecule is COc1ccc(CCc2cc(N)[nH]n2)cc1-c1ccccc1. The molecule has 1 aromatic heterocycles. The smallest absolute Gasteiger partial charge is 0.126 e. The Morgan fingerprint density at radius 3 is 2.55 bits per heavy atom. The molecule has 0 fully saturated rings. The van der Waals surface area contributed by atoms with E-state index in [1.807, 2.05) is 30.3 Å². The molecule has 3 rings (SSSR count). The number of nitrogens with one attached hydrogen (secondary N) is 1. The van der Waals surface area contributed by atoms with Crippen molar-refractivity contribution in [3.63, 3.8) is 0 Å². The number of methoxy groups -OCH3 is 1. The largest absolute Gasteiger partial charge is 0.496 e. The third kappa shape index (κ3) is 3.11. The molecule has 0 spiro atoms. The fourth-order valence-electron chi connectivity index (χ4n) is 2.53. The van der Waals surface area contributed by atoms with E-state index >= 15 is 0 Å². The van der Waals surface area contributed by atoms with Gasteiger partial charge in [-0.2, -0.15) is 5.10 Å². The quantitative estimate of drug-likeness (QED) is 0.757. The molecule has 0 atom stereocenters. The Morgan fingerprint density at radius 2 is 1.86 bits per heavy atom. The molecule has 0 amide bonds. The van der Waals surface area contributed by atoms with E-state index in [1.165, 1.54) is 5.56 Å². The van der Waals surface area contributed by atoms with Crippen LogP contribution in [0.2, 0.25) is 0 Å². The predicted octanol–water partition coefficient (Wildman–Crippen LogP) is 3.45. The maximum atomic E-state index is 5.65. The minimum Gasteiger partial charge on any atom is -0.496 e. The van der Waals surface area contributed by atoms with Crippen LogP contribution in [-0.4, -0.2) is 17.3 Å². The minimum absolute atomic E-state index is 0.606. The van der Waals surface area contributed by atoms with E-state index in [4.69, 9.17) is 10.5 Å². The zero-order valence-corrected chi connectivity index (χ0v) is 12.5. The van der Waals surface area contributed by atoms with Crippen molar-refractivity contribution in [2.24, 2.45) is 0 Å². The van der Waals surface area contributed by atoms with Crippen LogP contribution in [0, 0.1) is 0 Å².